The number of carbonyl (C=O) groups is 1. The van der Waals surface area contributed by atoms with Gasteiger partial charge in [0, 0.05) is 13.2 Å². The second kappa shape index (κ2) is 3.66. The molecule has 0 aromatic rings. The van der Waals surface area contributed by atoms with Gasteiger partial charge in [0.1, 0.15) is 5.60 Å². The largest absolute Gasteiger partial charge is 0.368 e. The molecule has 0 unspecified atom stereocenters. The van der Waals surface area contributed by atoms with E-state index in [0.717, 1.165) is 12.8 Å². The normalized spacial score (nSPS) is 21.3. The van der Waals surface area contributed by atoms with Gasteiger partial charge in [-0.2, -0.15) is 0 Å². The summed E-state index contributed by atoms with van der Waals surface area (Å²) >= 11 is 0. The molecule has 13 heavy (non-hydrogen) atoms. The summed E-state index contributed by atoms with van der Waals surface area (Å²) in [6, 6.07) is 0.222. The zero-order valence-corrected chi connectivity index (χ0v) is 8.89. The highest BCUT2D eigenvalue weighted by atomic mass is 16.5. The minimum Gasteiger partial charge on any atom is -0.368 e. The number of methoxy groups -OCH3 is 1. The number of hydrogen-bond acceptors (Lipinski definition) is 2. The summed E-state index contributed by atoms with van der Waals surface area (Å²) in [5, 5.41) is 2.97. The summed E-state index contributed by atoms with van der Waals surface area (Å²) in [6.45, 7) is 6.21. The SMILES string of the molecule is COC1(C(=O)N[C@H](C)C(C)C)CC1. The van der Waals surface area contributed by atoms with Crippen LogP contribution < -0.4 is 5.32 Å². The fourth-order valence-electron chi connectivity index (χ4n) is 1.14. The van der Waals surface area contributed by atoms with Crippen LogP contribution in [0.25, 0.3) is 0 Å². The molecular weight excluding hydrogens is 166 g/mol. The van der Waals surface area contributed by atoms with Gasteiger partial charge in [0.05, 0.1) is 0 Å². The number of rotatable bonds is 4. The zero-order valence-electron chi connectivity index (χ0n) is 8.89. The molecule has 3 heteroatoms. The Kier molecular flexibility index (Phi) is 2.96. The van der Waals surface area contributed by atoms with Crippen molar-refractivity contribution in [2.45, 2.75) is 45.3 Å². The van der Waals surface area contributed by atoms with Gasteiger partial charge in [-0.25, -0.2) is 0 Å². The van der Waals surface area contributed by atoms with Gasteiger partial charge >= 0.3 is 0 Å². The van der Waals surface area contributed by atoms with Crippen LogP contribution in [-0.4, -0.2) is 24.7 Å². The third-order valence-electron chi connectivity index (χ3n) is 2.87. The smallest absolute Gasteiger partial charge is 0.252 e. The molecule has 0 bridgehead atoms. The highest BCUT2D eigenvalue weighted by Crippen LogP contribution is 2.39. The molecule has 1 aliphatic carbocycles. The Balaban J connectivity index is 2.41. The molecule has 1 fully saturated rings. The monoisotopic (exact) mass is 185 g/mol. The fraction of sp³-hybridized carbons (Fsp3) is 0.900. The van der Waals surface area contributed by atoms with Crippen LogP contribution in [0.1, 0.15) is 33.6 Å². The van der Waals surface area contributed by atoms with Gasteiger partial charge < -0.3 is 10.1 Å². The van der Waals surface area contributed by atoms with E-state index in [2.05, 4.69) is 19.2 Å². The second-order valence-corrected chi connectivity index (χ2v) is 4.20. The van der Waals surface area contributed by atoms with Crippen molar-refractivity contribution in [1.29, 1.82) is 0 Å². The van der Waals surface area contributed by atoms with Crippen molar-refractivity contribution in [2.24, 2.45) is 5.92 Å². The average Bonchev–Trinajstić information content (AvgIpc) is 2.84. The molecule has 1 amide bonds. The van der Waals surface area contributed by atoms with Gasteiger partial charge in [0.25, 0.3) is 5.91 Å². The van der Waals surface area contributed by atoms with Crippen LogP contribution in [0.5, 0.6) is 0 Å². The van der Waals surface area contributed by atoms with Gasteiger partial charge in [0.2, 0.25) is 0 Å². The quantitative estimate of drug-likeness (QED) is 0.717. The molecule has 0 spiro atoms. The van der Waals surface area contributed by atoms with Crippen LogP contribution in [0.15, 0.2) is 0 Å². The maximum Gasteiger partial charge on any atom is 0.252 e. The van der Waals surface area contributed by atoms with E-state index in [1.165, 1.54) is 0 Å². The van der Waals surface area contributed by atoms with E-state index in [1.807, 2.05) is 6.92 Å². The lowest BCUT2D eigenvalue weighted by atomic mass is 10.1. The molecule has 0 aromatic carbocycles. The summed E-state index contributed by atoms with van der Waals surface area (Å²) in [5.74, 6) is 0.521. The Hall–Kier alpha value is -0.570. The second-order valence-electron chi connectivity index (χ2n) is 4.20. The van der Waals surface area contributed by atoms with Crippen LogP contribution in [0.4, 0.5) is 0 Å². The standard InChI is InChI=1S/C10H19NO2/c1-7(2)8(3)11-9(12)10(13-4)5-6-10/h7-8H,5-6H2,1-4H3,(H,11,12)/t8-/m1/s1. The lowest BCUT2D eigenvalue weighted by Crippen LogP contribution is -2.44. The van der Waals surface area contributed by atoms with E-state index in [4.69, 9.17) is 4.74 Å². The Labute approximate surface area is 79.8 Å². The molecule has 1 atom stereocenters. The van der Waals surface area contributed by atoms with Gasteiger partial charge in [-0.3, -0.25) is 4.79 Å². The minimum atomic E-state index is -0.483. The van der Waals surface area contributed by atoms with E-state index in [9.17, 15) is 4.79 Å². The average molecular weight is 185 g/mol. The summed E-state index contributed by atoms with van der Waals surface area (Å²) in [5.41, 5.74) is -0.483. The van der Waals surface area contributed by atoms with E-state index in [-0.39, 0.29) is 11.9 Å². The number of nitrogens with one attached hydrogen (secondary N) is 1. The molecule has 1 N–H and O–H groups in total. The summed E-state index contributed by atoms with van der Waals surface area (Å²) in [7, 11) is 1.60. The highest BCUT2D eigenvalue weighted by molar-refractivity contribution is 5.88. The van der Waals surface area contributed by atoms with Crippen LogP contribution in [0.2, 0.25) is 0 Å². The van der Waals surface area contributed by atoms with Crippen LogP contribution in [0, 0.1) is 5.92 Å². The van der Waals surface area contributed by atoms with Gasteiger partial charge in [-0.1, -0.05) is 13.8 Å². The van der Waals surface area contributed by atoms with Crippen molar-refractivity contribution in [2.75, 3.05) is 7.11 Å². The fourth-order valence-corrected chi connectivity index (χ4v) is 1.14. The number of hydrogen-bond donors (Lipinski definition) is 1. The number of carbonyl (C=O) groups excluding carboxylic acids is 1. The van der Waals surface area contributed by atoms with Crippen molar-refractivity contribution in [3.05, 3.63) is 0 Å². The first-order valence-electron chi connectivity index (χ1n) is 4.88. The molecular formula is C10H19NO2. The van der Waals surface area contributed by atoms with Crippen molar-refractivity contribution < 1.29 is 9.53 Å². The first-order valence-corrected chi connectivity index (χ1v) is 4.88. The predicted molar refractivity (Wildman–Crippen MR) is 51.4 cm³/mol. The van der Waals surface area contributed by atoms with Crippen LogP contribution >= 0.6 is 0 Å². The van der Waals surface area contributed by atoms with E-state index >= 15 is 0 Å². The predicted octanol–water partition coefficient (Wildman–Crippen LogP) is 1.33. The molecule has 76 valence electrons. The summed E-state index contributed by atoms with van der Waals surface area (Å²) < 4.78 is 5.18. The number of ether oxygens (including phenoxy) is 1. The summed E-state index contributed by atoms with van der Waals surface area (Å²) in [6.07, 6.45) is 1.72. The molecule has 1 rings (SSSR count). The molecule has 0 aromatic heterocycles. The topological polar surface area (TPSA) is 38.3 Å². The van der Waals surface area contributed by atoms with E-state index in [1.54, 1.807) is 7.11 Å². The van der Waals surface area contributed by atoms with Crippen molar-refractivity contribution in [3.8, 4) is 0 Å². The molecule has 0 radical (unpaired) electrons. The van der Waals surface area contributed by atoms with Gasteiger partial charge in [-0.05, 0) is 25.7 Å². The number of amides is 1. The van der Waals surface area contributed by atoms with E-state index in [0.29, 0.717) is 5.92 Å². The Morgan fingerprint density at radius 3 is 2.23 bits per heavy atom. The zero-order chi connectivity index (χ0) is 10.1. The molecule has 0 heterocycles. The Morgan fingerprint density at radius 2 is 1.92 bits per heavy atom. The third kappa shape index (κ3) is 2.21. The summed E-state index contributed by atoms with van der Waals surface area (Å²) in [4.78, 5) is 11.6. The van der Waals surface area contributed by atoms with Crippen LogP contribution in [-0.2, 0) is 9.53 Å². The third-order valence-corrected chi connectivity index (χ3v) is 2.87. The van der Waals surface area contributed by atoms with Gasteiger partial charge in [0.15, 0.2) is 0 Å². The van der Waals surface area contributed by atoms with Crippen molar-refractivity contribution in [3.63, 3.8) is 0 Å². The lowest BCUT2D eigenvalue weighted by molar-refractivity contribution is -0.134. The lowest BCUT2D eigenvalue weighted by Gasteiger charge is -2.21. The Bertz CT molecular complexity index is 197. The maximum atomic E-state index is 11.6. The van der Waals surface area contributed by atoms with E-state index < -0.39 is 5.60 Å². The van der Waals surface area contributed by atoms with Crippen LogP contribution in [0.3, 0.4) is 0 Å². The first kappa shape index (κ1) is 10.5. The Morgan fingerprint density at radius 1 is 1.38 bits per heavy atom. The molecule has 0 saturated heterocycles. The maximum absolute atomic E-state index is 11.6. The van der Waals surface area contributed by atoms with Crippen molar-refractivity contribution >= 4 is 5.91 Å². The first-order chi connectivity index (χ1) is 6.02. The molecule has 1 aliphatic rings. The van der Waals surface area contributed by atoms with Crippen molar-refractivity contribution in [1.82, 2.24) is 5.32 Å². The molecule has 3 nitrogen and oxygen atoms in total. The highest BCUT2D eigenvalue weighted by Gasteiger charge is 2.50. The van der Waals surface area contributed by atoms with Gasteiger partial charge in [-0.15, -0.1) is 0 Å². The molecule has 1 saturated carbocycles. The minimum absolute atomic E-state index is 0.0520. The molecule has 0 aliphatic heterocycles.